The SMILES string of the molecule is CN(C)c1ccc(CNc2cc(C(O)C=Cc3ccc(C(=O)OC(C#Cc4ccc(C(=O)O)cc4)c4cc(SCc5ccc(N(C)C)cc5)c5c(c4)C(C)(C)CCC5(C)C)c(OC(=O)c4ccc(C=CC(=O)c5cc(N(C)Cc6ccc(N(C)C)cc6)c6c(c5)C(C)(C)CCC6(C)C)cc4O)c3)cc3c2C(C)(C)CCC3(C)C)cc1. The van der Waals surface area contributed by atoms with Crippen molar-refractivity contribution in [1.82, 2.24) is 0 Å². The molecule has 15 heteroatoms. The van der Waals surface area contributed by atoms with Crippen molar-refractivity contribution < 1.29 is 44.0 Å². The summed E-state index contributed by atoms with van der Waals surface area (Å²) in [6, 6.07) is 53.3. The van der Waals surface area contributed by atoms with Crippen LogP contribution >= 0.6 is 11.8 Å². The highest BCUT2D eigenvalue weighted by molar-refractivity contribution is 7.98. The lowest BCUT2D eigenvalue weighted by atomic mass is 9.62. The number of fused-ring (bicyclic) bond motifs is 3. The fourth-order valence-electron chi connectivity index (χ4n) is 16.4. The van der Waals surface area contributed by atoms with Gasteiger partial charge in [0.05, 0.1) is 11.7 Å². The van der Waals surface area contributed by atoms with Crippen LogP contribution in [0.1, 0.15) is 253 Å². The predicted octanol–water partition coefficient (Wildman–Crippen LogP) is 21.7. The summed E-state index contributed by atoms with van der Waals surface area (Å²) in [7, 11) is 14.2. The van der Waals surface area contributed by atoms with E-state index in [1.54, 1.807) is 54.3 Å². The Bertz CT molecular complexity index is 5300. The molecule has 3 aliphatic carbocycles. The number of hydrogen-bond donors (Lipinski definition) is 4. The topological polar surface area (TPSA) is 172 Å². The van der Waals surface area contributed by atoms with Gasteiger partial charge in [0.25, 0.3) is 0 Å². The molecule has 0 radical (unpaired) electrons. The number of aliphatic hydroxyl groups excluding tert-OH is 1. The molecule has 12 rings (SSSR count). The van der Waals surface area contributed by atoms with Gasteiger partial charge in [-0.15, -0.1) is 11.8 Å². The van der Waals surface area contributed by atoms with E-state index in [0.29, 0.717) is 52.2 Å². The van der Waals surface area contributed by atoms with Crippen LogP contribution in [0.2, 0.25) is 0 Å². The van der Waals surface area contributed by atoms with Crippen LogP contribution in [0.15, 0.2) is 187 Å². The van der Waals surface area contributed by atoms with Crippen LogP contribution in [-0.4, -0.2) is 88.3 Å². The summed E-state index contributed by atoms with van der Waals surface area (Å²) in [5.74, 6) is 3.33. The van der Waals surface area contributed by atoms with E-state index in [0.717, 1.165) is 105 Å². The number of carbonyl (C=O) groups excluding carboxylic acids is 3. The van der Waals surface area contributed by atoms with Crippen LogP contribution in [0.5, 0.6) is 11.5 Å². The van der Waals surface area contributed by atoms with Gasteiger partial charge in [0, 0.05) is 118 Å². The van der Waals surface area contributed by atoms with Gasteiger partial charge >= 0.3 is 17.9 Å². The summed E-state index contributed by atoms with van der Waals surface area (Å²) >= 11 is 1.72. The second kappa shape index (κ2) is 33.2. The Balaban J connectivity index is 0.905. The molecule has 0 bridgehead atoms. The Morgan fingerprint density at radius 1 is 0.513 bits per heavy atom. The molecule has 2 unspecified atom stereocenters. The van der Waals surface area contributed by atoms with Crippen LogP contribution in [0.25, 0.3) is 12.2 Å². The van der Waals surface area contributed by atoms with Crippen molar-refractivity contribution in [3.63, 3.8) is 0 Å². The maximum absolute atomic E-state index is 15.6. The van der Waals surface area contributed by atoms with Crippen LogP contribution in [0, 0.1) is 11.8 Å². The number of anilines is 5. The monoisotopic (exact) mass is 1560 g/mol. The van der Waals surface area contributed by atoms with Crippen LogP contribution in [0.3, 0.4) is 0 Å². The molecule has 0 fully saturated rings. The zero-order valence-corrected chi connectivity index (χ0v) is 71.3. The Hall–Kier alpha value is -10.8. The van der Waals surface area contributed by atoms with Gasteiger partial charge in [-0.25, -0.2) is 14.4 Å². The second-order valence-corrected chi connectivity index (χ2v) is 37.2. The highest BCUT2D eigenvalue weighted by Crippen LogP contribution is 2.54. The Labute approximate surface area is 685 Å². The number of aromatic carboxylic acids is 1. The lowest BCUT2D eigenvalue weighted by molar-refractivity contribution is 0.0402. The number of carbonyl (C=O) groups is 4. The molecule has 9 aromatic rings. The van der Waals surface area contributed by atoms with Crippen molar-refractivity contribution in [3.05, 3.63) is 282 Å². The number of rotatable bonds is 24. The molecule has 4 N–H and O–H groups in total. The molecule has 0 spiro atoms. The first-order valence-electron chi connectivity index (χ1n) is 39.9. The fraction of sp³-hybridized carbons (Fsp3) is 0.360. The number of thioether (sulfide) groups is 1. The summed E-state index contributed by atoms with van der Waals surface area (Å²) in [4.78, 5) is 66.7. The van der Waals surface area contributed by atoms with Crippen molar-refractivity contribution >= 4 is 76.0 Å². The predicted molar refractivity (Wildman–Crippen MR) is 472 cm³/mol. The number of ketones is 1. The number of aliphatic hydroxyl groups is 1. The van der Waals surface area contributed by atoms with E-state index in [1.165, 1.54) is 59.2 Å². The number of nitrogens with zero attached hydrogens (tertiary/aromatic N) is 4. The summed E-state index contributed by atoms with van der Waals surface area (Å²) in [6.45, 7) is 28.4. The van der Waals surface area contributed by atoms with Gasteiger partial charge in [-0.3, -0.25) is 4.79 Å². The van der Waals surface area contributed by atoms with Gasteiger partial charge in [-0.05, 0) is 259 Å². The van der Waals surface area contributed by atoms with E-state index in [1.807, 2.05) is 54.4 Å². The van der Waals surface area contributed by atoms with Crippen molar-refractivity contribution in [1.29, 1.82) is 0 Å². The van der Waals surface area contributed by atoms with Gasteiger partial charge in [-0.1, -0.05) is 168 Å². The van der Waals surface area contributed by atoms with Gasteiger partial charge < -0.3 is 49.7 Å². The average molecular weight is 1560 g/mol. The summed E-state index contributed by atoms with van der Waals surface area (Å²) < 4.78 is 13.0. The molecule has 14 nitrogen and oxygen atoms in total. The van der Waals surface area contributed by atoms with Gasteiger partial charge in [-0.2, -0.15) is 0 Å². The third-order valence-electron chi connectivity index (χ3n) is 24.0. The van der Waals surface area contributed by atoms with Crippen molar-refractivity contribution in [2.45, 2.75) is 190 Å². The summed E-state index contributed by atoms with van der Waals surface area (Å²) in [5.41, 5.74) is 17.5. The minimum atomic E-state index is -1.23. The third kappa shape index (κ3) is 18.8. The second-order valence-electron chi connectivity index (χ2n) is 36.2. The van der Waals surface area contributed by atoms with E-state index in [-0.39, 0.29) is 60.7 Å². The molecule has 0 saturated heterocycles. The standard InChI is InChI=1S/C100H113N5O9S/c1-95(2)46-49-98(7,8)89-78(95)54-70(57-81(89)101-60-66-22-35-73(36-23-66)102(13)14)83(106)44-31-65-29-42-77(94(112)113-86(45-32-63-20-33-69(34-21-63)92(109)110)72-56-80-91(100(11,12)51-48-97(80,5)6)88(59-72)115-62-68-26-39-75(40-27-68)104(17)18)87(53-65)114-93(111)76-41-28-64(52-85(76)108)30-43-84(107)71-55-79-90(99(9,10)50-47-96(79,3)4)82(58-71)105(19)61-67-24-37-74(38-25-67)103(15)16/h20-31,33-44,52-59,83,86,101,106,108H,46-51,60-62H2,1-19H3,(H,109,110). The lowest BCUT2D eigenvalue weighted by Gasteiger charge is -2.44. The van der Waals surface area contributed by atoms with Gasteiger partial charge in [0.1, 0.15) is 22.6 Å². The Kier molecular flexibility index (Phi) is 24.1. The number of hydrogen-bond acceptors (Lipinski definition) is 14. The number of ether oxygens (including phenoxy) is 2. The number of phenolic OH excluding ortho intramolecular Hbond substituents is 1. The largest absolute Gasteiger partial charge is 0.507 e. The minimum absolute atomic E-state index is 0.0898. The molecule has 0 amide bonds. The lowest BCUT2D eigenvalue weighted by Crippen LogP contribution is -2.36. The molecule has 115 heavy (non-hydrogen) atoms. The van der Waals surface area contributed by atoms with Crippen LogP contribution in [0.4, 0.5) is 28.4 Å². The number of nitrogens with one attached hydrogen (secondary N) is 1. The molecule has 3 aliphatic rings. The maximum atomic E-state index is 15.6. The average Bonchev–Trinajstić information content (AvgIpc) is 0.748. The molecule has 0 saturated carbocycles. The molecular weight excluding hydrogens is 1450 g/mol. The number of phenols is 1. The fourth-order valence-corrected chi connectivity index (χ4v) is 17.7. The van der Waals surface area contributed by atoms with E-state index in [2.05, 4.69) is 224 Å². The van der Waals surface area contributed by atoms with Crippen LogP contribution < -0.4 is 29.7 Å². The molecular formula is C100H113N5O9S. The number of carboxylic acids is 1. The first kappa shape index (κ1) is 83.6. The van der Waals surface area contributed by atoms with E-state index in [9.17, 15) is 29.7 Å². The quantitative estimate of drug-likeness (QED) is 0.0112. The Morgan fingerprint density at radius 3 is 1.58 bits per heavy atom. The zero-order valence-electron chi connectivity index (χ0n) is 70.5. The highest BCUT2D eigenvalue weighted by Gasteiger charge is 2.43. The zero-order chi connectivity index (χ0) is 83.0. The molecule has 9 aromatic carbocycles. The first-order chi connectivity index (χ1) is 54.2. The molecule has 2 atom stereocenters. The molecule has 598 valence electrons. The van der Waals surface area contributed by atoms with E-state index < -0.39 is 35.9 Å². The highest BCUT2D eigenvalue weighted by atomic mass is 32.2. The van der Waals surface area contributed by atoms with Crippen molar-refractivity contribution in [2.75, 3.05) is 74.3 Å². The van der Waals surface area contributed by atoms with E-state index >= 15 is 4.79 Å². The number of allylic oxidation sites excluding steroid dienone is 1. The number of aromatic hydroxyl groups is 1. The molecule has 0 aromatic heterocycles. The van der Waals surface area contributed by atoms with Crippen LogP contribution in [-0.2, 0) is 56.1 Å². The molecule has 0 aliphatic heterocycles. The summed E-state index contributed by atoms with van der Waals surface area (Å²) in [6.07, 6.45) is 9.91. The molecule has 0 heterocycles. The summed E-state index contributed by atoms with van der Waals surface area (Å²) in [5, 5.41) is 37.9. The number of benzene rings is 9. The first-order valence-corrected chi connectivity index (χ1v) is 40.9. The third-order valence-corrected chi connectivity index (χ3v) is 25.1. The van der Waals surface area contributed by atoms with Crippen molar-refractivity contribution in [2.24, 2.45) is 0 Å². The minimum Gasteiger partial charge on any atom is -0.507 e. The number of carboxylic acid groups (broad SMARTS) is 1. The normalized spacial score (nSPS) is 16.3. The number of esters is 2. The smallest absolute Gasteiger partial charge is 0.347 e. The van der Waals surface area contributed by atoms with E-state index in [4.69, 9.17) is 9.47 Å². The van der Waals surface area contributed by atoms with Gasteiger partial charge in [0.15, 0.2) is 11.9 Å². The van der Waals surface area contributed by atoms with Gasteiger partial charge in [0.2, 0.25) is 0 Å². The Morgan fingerprint density at radius 2 is 1.02 bits per heavy atom. The maximum Gasteiger partial charge on any atom is 0.347 e. The van der Waals surface area contributed by atoms with Crippen molar-refractivity contribution in [3.8, 4) is 23.3 Å².